The SMILES string of the molecule is C=C(C=C(C)CC)c1cccc(C(C)C(=O)Nc2ccc3c(N)nccc3c2)c1. The van der Waals surface area contributed by atoms with Crippen LogP contribution in [0.3, 0.4) is 0 Å². The Morgan fingerprint density at radius 2 is 2.03 bits per heavy atom. The van der Waals surface area contributed by atoms with Crippen LogP contribution in [0.15, 0.2) is 73.0 Å². The molecular formula is C25H27N3O. The average molecular weight is 386 g/mol. The number of carbonyl (C=O) groups excluding carboxylic acids is 1. The number of aromatic nitrogens is 1. The zero-order valence-corrected chi connectivity index (χ0v) is 17.2. The summed E-state index contributed by atoms with van der Waals surface area (Å²) in [6.45, 7) is 10.3. The molecule has 0 aliphatic rings. The minimum atomic E-state index is -0.294. The van der Waals surface area contributed by atoms with E-state index in [1.165, 1.54) is 5.57 Å². The van der Waals surface area contributed by atoms with Crippen LogP contribution >= 0.6 is 0 Å². The average Bonchev–Trinajstić information content (AvgIpc) is 2.73. The lowest BCUT2D eigenvalue weighted by atomic mass is 9.95. The molecular weight excluding hydrogens is 358 g/mol. The molecule has 0 spiro atoms. The van der Waals surface area contributed by atoms with Crippen molar-refractivity contribution in [3.63, 3.8) is 0 Å². The Balaban J connectivity index is 1.78. The second-order valence-corrected chi connectivity index (χ2v) is 7.34. The fraction of sp³-hybridized carbons (Fsp3) is 0.200. The highest BCUT2D eigenvalue weighted by atomic mass is 16.1. The summed E-state index contributed by atoms with van der Waals surface area (Å²) < 4.78 is 0. The number of fused-ring (bicyclic) bond motifs is 1. The van der Waals surface area contributed by atoms with Crippen LogP contribution in [0.1, 0.15) is 44.2 Å². The van der Waals surface area contributed by atoms with Gasteiger partial charge in [-0.15, -0.1) is 0 Å². The van der Waals surface area contributed by atoms with Crippen molar-refractivity contribution >= 4 is 33.8 Å². The molecule has 0 saturated carbocycles. The third-order valence-electron chi connectivity index (χ3n) is 5.19. The Kier molecular flexibility index (Phi) is 6.13. The maximum Gasteiger partial charge on any atom is 0.231 e. The van der Waals surface area contributed by atoms with E-state index in [9.17, 15) is 4.79 Å². The van der Waals surface area contributed by atoms with E-state index in [4.69, 9.17) is 5.73 Å². The van der Waals surface area contributed by atoms with Gasteiger partial charge in [0.15, 0.2) is 0 Å². The molecule has 148 valence electrons. The van der Waals surface area contributed by atoms with Crippen LogP contribution in [0, 0.1) is 0 Å². The first-order valence-corrected chi connectivity index (χ1v) is 9.80. The van der Waals surface area contributed by atoms with Crippen molar-refractivity contribution in [3.8, 4) is 0 Å². The molecule has 0 saturated heterocycles. The molecule has 0 aliphatic carbocycles. The topological polar surface area (TPSA) is 68.0 Å². The number of nitrogens with one attached hydrogen (secondary N) is 1. The molecule has 0 aliphatic heterocycles. The lowest BCUT2D eigenvalue weighted by molar-refractivity contribution is -0.117. The van der Waals surface area contributed by atoms with Crippen molar-refractivity contribution < 1.29 is 4.79 Å². The van der Waals surface area contributed by atoms with Gasteiger partial charge >= 0.3 is 0 Å². The van der Waals surface area contributed by atoms with Crippen LogP contribution in [0.5, 0.6) is 0 Å². The summed E-state index contributed by atoms with van der Waals surface area (Å²) in [7, 11) is 0. The number of nitrogens with two attached hydrogens (primary N) is 1. The minimum Gasteiger partial charge on any atom is -0.383 e. The summed E-state index contributed by atoms with van der Waals surface area (Å²) in [6, 6.07) is 15.5. The molecule has 1 atom stereocenters. The summed E-state index contributed by atoms with van der Waals surface area (Å²) in [5.74, 6) is 0.129. The monoisotopic (exact) mass is 385 g/mol. The van der Waals surface area contributed by atoms with Gasteiger partial charge in [-0.05, 0) is 66.6 Å². The highest BCUT2D eigenvalue weighted by molar-refractivity contribution is 5.99. The van der Waals surface area contributed by atoms with Crippen molar-refractivity contribution in [2.75, 3.05) is 11.1 Å². The van der Waals surface area contributed by atoms with E-state index in [0.717, 1.165) is 39.6 Å². The van der Waals surface area contributed by atoms with Gasteiger partial charge in [0.25, 0.3) is 0 Å². The normalized spacial score (nSPS) is 12.6. The number of benzene rings is 2. The number of rotatable bonds is 6. The number of amides is 1. The number of carbonyl (C=O) groups is 1. The fourth-order valence-electron chi connectivity index (χ4n) is 3.17. The zero-order chi connectivity index (χ0) is 21.0. The van der Waals surface area contributed by atoms with E-state index in [-0.39, 0.29) is 11.8 Å². The molecule has 3 aromatic rings. The predicted molar refractivity (Wildman–Crippen MR) is 123 cm³/mol. The van der Waals surface area contributed by atoms with Crippen molar-refractivity contribution in [3.05, 3.63) is 84.1 Å². The number of pyridine rings is 1. The number of anilines is 2. The number of hydrogen-bond donors (Lipinski definition) is 2. The van der Waals surface area contributed by atoms with Gasteiger partial charge in [0.05, 0.1) is 5.92 Å². The smallest absolute Gasteiger partial charge is 0.231 e. The van der Waals surface area contributed by atoms with Crippen LogP contribution in [0.25, 0.3) is 16.3 Å². The van der Waals surface area contributed by atoms with Gasteiger partial charge in [-0.1, -0.05) is 49.4 Å². The second-order valence-electron chi connectivity index (χ2n) is 7.34. The number of nitrogen functional groups attached to an aromatic ring is 1. The third kappa shape index (κ3) is 4.72. The first-order valence-electron chi connectivity index (χ1n) is 9.80. The van der Waals surface area contributed by atoms with E-state index < -0.39 is 0 Å². The van der Waals surface area contributed by atoms with Crippen molar-refractivity contribution in [2.45, 2.75) is 33.1 Å². The zero-order valence-electron chi connectivity index (χ0n) is 17.2. The standard InChI is InChI=1S/C25H27N3O/c1-5-16(2)13-17(3)19-7-6-8-20(14-19)18(4)25(29)28-22-9-10-23-21(15-22)11-12-27-24(23)26/h6-15,18H,3,5H2,1-2,4H3,(H2,26,27)(H,28,29). The van der Waals surface area contributed by atoms with Crippen LogP contribution < -0.4 is 11.1 Å². The lowest BCUT2D eigenvalue weighted by Gasteiger charge is -2.15. The number of nitrogens with zero attached hydrogens (tertiary/aromatic N) is 1. The molecule has 29 heavy (non-hydrogen) atoms. The predicted octanol–water partition coefficient (Wildman–Crippen LogP) is 5.93. The molecule has 3 rings (SSSR count). The largest absolute Gasteiger partial charge is 0.383 e. The lowest BCUT2D eigenvalue weighted by Crippen LogP contribution is -2.19. The van der Waals surface area contributed by atoms with E-state index >= 15 is 0 Å². The minimum absolute atomic E-state index is 0.0607. The fourth-order valence-corrected chi connectivity index (χ4v) is 3.17. The van der Waals surface area contributed by atoms with Gasteiger partial charge in [0.2, 0.25) is 5.91 Å². The second kappa shape index (κ2) is 8.74. The summed E-state index contributed by atoms with van der Waals surface area (Å²) in [5, 5.41) is 4.83. The molecule has 1 heterocycles. The molecule has 1 aromatic heterocycles. The molecule has 4 heteroatoms. The Labute approximate surface area is 172 Å². The van der Waals surface area contributed by atoms with Crippen LogP contribution in [-0.2, 0) is 4.79 Å². The van der Waals surface area contributed by atoms with Crippen molar-refractivity contribution in [2.24, 2.45) is 0 Å². The van der Waals surface area contributed by atoms with Crippen LogP contribution in [-0.4, -0.2) is 10.9 Å². The molecule has 0 radical (unpaired) electrons. The Bertz CT molecular complexity index is 1100. The number of hydrogen-bond acceptors (Lipinski definition) is 3. The molecule has 2 aromatic carbocycles. The van der Waals surface area contributed by atoms with Gasteiger partial charge in [-0.25, -0.2) is 4.98 Å². The Morgan fingerprint density at radius 1 is 1.24 bits per heavy atom. The van der Waals surface area contributed by atoms with Crippen LogP contribution in [0.2, 0.25) is 0 Å². The van der Waals surface area contributed by atoms with Crippen LogP contribution in [0.4, 0.5) is 11.5 Å². The van der Waals surface area contributed by atoms with Gasteiger partial charge < -0.3 is 11.1 Å². The van der Waals surface area contributed by atoms with Gasteiger partial charge in [0, 0.05) is 17.3 Å². The first kappa shape index (κ1) is 20.3. The molecule has 1 unspecified atom stereocenters. The Morgan fingerprint density at radius 3 is 2.79 bits per heavy atom. The first-order chi connectivity index (χ1) is 13.9. The van der Waals surface area contributed by atoms with E-state index in [1.54, 1.807) is 6.20 Å². The summed E-state index contributed by atoms with van der Waals surface area (Å²) >= 11 is 0. The van der Waals surface area contributed by atoms with Gasteiger partial charge in [0.1, 0.15) is 5.82 Å². The Hall–Kier alpha value is -3.40. The van der Waals surface area contributed by atoms with E-state index in [2.05, 4.69) is 36.8 Å². The molecule has 0 fully saturated rings. The maximum atomic E-state index is 12.8. The quantitative estimate of drug-likeness (QED) is 0.517. The summed E-state index contributed by atoms with van der Waals surface area (Å²) in [5.41, 5.74) is 10.9. The summed E-state index contributed by atoms with van der Waals surface area (Å²) in [6.07, 6.45) is 4.75. The highest BCUT2D eigenvalue weighted by Crippen LogP contribution is 2.26. The maximum absolute atomic E-state index is 12.8. The molecule has 1 amide bonds. The van der Waals surface area contributed by atoms with Gasteiger partial charge in [-0.2, -0.15) is 0 Å². The summed E-state index contributed by atoms with van der Waals surface area (Å²) in [4.78, 5) is 16.9. The van der Waals surface area contributed by atoms with Gasteiger partial charge in [-0.3, -0.25) is 4.79 Å². The van der Waals surface area contributed by atoms with Crippen molar-refractivity contribution in [1.29, 1.82) is 0 Å². The molecule has 4 nitrogen and oxygen atoms in total. The molecule has 0 bridgehead atoms. The number of allylic oxidation sites excluding steroid dienone is 3. The van der Waals surface area contributed by atoms with E-state index in [1.807, 2.05) is 55.5 Å². The van der Waals surface area contributed by atoms with E-state index in [0.29, 0.717) is 5.82 Å². The highest BCUT2D eigenvalue weighted by Gasteiger charge is 2.16. The van der Waals surface area contributed by atoms with Crippen molar-refractivity contribution in [1.82, 2.24) is 4.98 Å². The third-order valence-corrected chi connectivity index (χ3v) is 5.19. The molecule has 3 N–H and O–H groups in total.